The van der Waals surface area contributed by atoms with Crippen molar-refractivity contribution in [3.8, 4) is 17.3 Å². The van der Waals surface area contributed by atoms with Crippen molar-refractivity contribution >= 4 is 43.3 Å². The predicted molar refractivity (Wildman–Crippen MR) is 134 cm³/mol. The van der Waals surface area contributed by atoms with Crippen LogP contribution in [-0.2, 0) is 0 Å². The summed E-state index contributed by atoms with van der Waals surface area (Å²) in [4.78, 5) is 14.8. The van der Waals surface area contributed by atoms with E-state index in [1.807, 2.05) is 30.3 Å². The molecule has 4 nitrogen and oxygen atoms in total. The molecule has 0 aliphatic heterocycles. The Kier molecular flexibility index (Phi) is 4.69. The van der Waals surface area contributed by atoms with E-state index in [0.717, 1.165) is 50.7 Å². The topological polar surface area (TPSA) is 43.6 Å². The predicted octanol–water partition coefficient (Wildman–Crippen LogP) is 7.13. The van der Waals surface area contributed by atoms with E-state index < -0.39 is 0 Å². The second kappa shape index (κ2) is 7.84. The molecule has 1 aliphatic rings. The van der Waals surface area contributed by atoms with Crippen molar-refractivity contribution in [2.45, 2.75) is 12.8 Å². The van der Waals surface area contributed by atoms with Gasteiger partial charge in [0.25, 0.3) is 0 Å². The molecule has 0 fully saturated rings. The maximum atomic E-state index is 4.97. The van der Waals surface area contributed by atoms with Gasteiger partial charge in [-0.25, -0.2) is 4.98 Å². The molecule has 0 spiro atoms. The van der Waals surface area contributed by atoms with Crippen LogP contribution in [0.2, 0.25) is 0 Å². The molecule has 0 unspecified atom stereocenters. The lowest BCUT2D eigenvalue weighted by molar-refractivity contribution is 0.913. The Morgan fingerprint density at radius 1 is 0.750 bits per heavy atom. The third kappa shape index (κ3) is 3.26. The first-order valence-electron chi connectivity index (χ1n) is 10.6. The Hall–Kier alpha value is -3.57. The molecule has 1 aliphatic carbocycles. The van der Waals surface area contributed by atoms with Gasteiger partial charge in [-0.2, -0.15) is 9.97 Å². The van der Waals surface area contributed by atoms with Gasteiger partial charge in [-0.3, -0.25) is 4.57 Å². The summed E-state index contributed by atoms with van der Waals surface area (Å²) in [6, 6.07) is 24.9. The lowest BCUT2D eigenvalue weighted by Crippen LogP contribution is -2.08. The lowest BCUT2D eigenvalue weighted by atomic mass is 10.0. The van der Waals surface area contributed by atoms with Gasteiger partial charge in [0.2, 0.25) is 5.95 Å². The largest absolute Gasteiger partial charge is 0.278 e. The number of para-hydroxylation sites is 1. The van der Waals surface area contributed by atoms with Crippen molar-refractivity contribution in [1.29, 1.82) is 0 Å². The number of benzene rings is 3. The van der Waals surface area contributed by atoms with Crippen LogP contribution < -0.4 is 0 Å². The standard InChI is InChI=1S/C27H19BrN4/c28-20-15-16-24-22(17-20)21-13-7-8-14-23(21)32(24)27-30-25(18-9-3-1-4-10-18)29-26(31-27)19-11-5-2-6-12-19/h1-5,7-11,13-17H,6,12H2. The molecular formula is C27H19BrN4. The first-order valence-corrected chi connectivity index (χ1v) is 11.4. The minimum atomic E-state index is 0.637. The highest BCUT2D eigenvalue weighted by atomic mass is 79.9. The SMILES string of the molecule is Brc1ccc2c(c1)c1ccccc1n2-c1nc(C2=CC=CCC2)nc(-c2ccccc2)n1. The summed E-state index contributed by atoms with van der Waals surface area (Å²) in [5, 5.41) is 2.34. The Bertz CT molecular complexity index is 1530. The first-order chi connectivity index (χ1) is 15.8. The summed E-state index contributed by atoms with van der Waals surface area (Å²) in [6.45, 7) is 0. The molecule has 0 N–H and O–H groups in total. The number of fused-ring (bicyclic) bond motifs is 3. The van der Waals surface area contributed by atoms with Crippen LogP contribution >= 0.6 is 15.9 Å². The Labute approximate surface area is 194 Å². The van der Waals surface area contributed by atoms with Crippen LogP contribution in [0.5, 0.6) is 0 Å². The lowest BCUT2D eigenvalue weighted by Gasteiger charge is -2.13. The monoisotopic (exact) mass is 478 g/mol. The number of rotatable bonds is 3. The van der Waals surface area contributed by atoms with Crippen molar-refractivity contribution in [2.24, 2.45) is 0 Å². The third-order valence-electron chi connectivity index (χ3n) is 5.79. The summed E-state index contributed by atoms with van der Waals surface area (Å²) in [5.41, 5.74) is 4.27. The zero-order chi connectivity index (χ0) is 21.5. The van der Waals surface area contributed by atoms with E-state index in [1.165, 1.54) is 5.39 Å². The summed E-state index contributed by atoms with van der Waals surface area (Å²) in [5.74, 6) is 2.06. The normalized spacial score (nSPS) is 13.6. The molecule has 0 atom stereocenters. The fourth-order valence-corrected chi connectivity index (χ4v) is 4.64. The highest BCUT2D eigenvalue weighted by Crippen LogP contribution is 2.33. The number of halogens is 1. The van der Waals surface area contributed by atoms with Gasteiger partial charge in [0, 0.05) is 20.8 Å². The van der Waals surface area contributed by atoms with Gasteiger partial charge in [0.05, 0.1) is 11.0 Å². The highest BCUT2D eigenvalue weighted by Gasteiger charge is 2.18. The Balaban J connectivity index is 1.67. The summed E-state index contributed by atoms with van der Waals surface area (Å²) in [6.07, 6.45) is 8.29. The molecule has 6 rings (SSSR count). The molecule has 0 bridgehead atoms. The van der Waals surface area contributed by atoms with Crippen LogP contribution in [-0.4, -0.2) is 19.5 Å². The minimum absolute atomic E-state index is 0.637. The van der Waals surface area contributed by atoms with Crippen LogP contribution in [0.3, 0.4) is 0 Å². The maximum Gasteiger partial charge on any atom is 0.238 e. The molecule has 154 valence electrons. The third-order valence-corrected chi connectivity index (χ3v) is 6.28. The molecule has 0 amide bonds. The molecule has 5 aromatic rings. The summed E-state index contributed by atoms with van der Waals surface area (Å²) in [7, 11) is 0. The zero-order valence-electron chi connectivity index (χ0n) is 17.2. The van der Waals surface area contributed by atoms with E-state index >= 15 is 0 Å². The maximum absolute atomic E-state index is 4.97. The average Bonchev–Trinajstić information content (AvgIpc) is 3.18. The Morgan fingerprint density at radius 2 is 1.53 bits per heavy atom. The van der Waals surface area contributed by atoms with Crippen LogP contribution in [0.1, 0.15) is 18.7 Å². The molecule has 0 radical (unpaired) electrons. The summed E-state index contributed by atoms with van der Waals surface area (Å²) >= 11 is 3.63. The molecule has 0 saturated heterocycles. The average molecular weight is 479 g/mol. The van der Waals surface area contributed by atoms with Gasteiger partial charge >= 0.3 is 0 Å². The number of allylic oxidation sites excluding steroid dienone is 4. The van der Waals surface area contributed by atoms with Crippen molar-refractivity contribution in [1.82, 2.24) is 19.5 Å². The number of hydrogen-bond donors (Lipinski definition) is 0. The smallest absolute Gasteiger partial charge is 0.238 e. The fraction of sp³-hybridized carbons (Fsp3) is 0.0741. The molecule has 0 saturated carbocycles. The number of hydrogen-bond acceptors (Lipinski definition) is 3. The molecule has 2 heterocycles. The quantitative estimate of drug-likeness (QED) is 0.277. The van der Waals surface area contributed by atoms with E-state index in [1.54, 1.807) is 0 Å². The van der Waals surface area contributed by atoms with E-state index in [-0.39, 0.29) is 0 Å². The minimum Gasteiger partial charge on any atom is -0.278 e. The van der Waals surface area contributed by atoms with Gasteiger partial charge in [-0.15, -0.1) is 0 Å². The van der Waals surface area contributed by atoms with E-state index in [0.29, 0.717) is 11.8 Å². The number of nitrogens with zero attached hydrogens (tertiary/aromatic N) is 4. The second-order valence-electron chi connectivity index (χ2n) is 7.82. The molecule has 5 heteroatoms. The Morgan fingerprint density at radius 3 is 2.38 bits per heavy atom. The second-order valence-corrected chi connectivity index (χ2v) is 8.74. The van der Waals surface area contributed by atoms with E-state index in [9.17, 15) is 0 Å². The van der Waals surface area contributed by atoms with Gasteiger partial charge in [-0.05, 0) is 42.7 Å². The van der Waals surface area contributed by atoms with Gasteiger partial charge in [0.1, 0.15) is 0 Å². The first kappa shape index (κ1) is 19.1. The van der Waals surface area contributed by atoms with Crippen molar-refractivity contribution in [2.75, 3.05) is 0 Å². The van der Waals surface area contributed by atoms with Gasteiger partial charge in [0.15, 0.2) is 11.6 Å². The highest BCUT2D eigenvalue weighted by molar-refractivity contribution is 9.10. The van der Waals surface area contributed by atoms with Crippen molar-refractivity contribution < 1.29 is 0 Å². The van der Waals surface area contributed by atoms with Gasteiger partial charge in [-0.1, -0.05) is 82.7 Å². The van der Waals surface area contributed by atoms with E-state index in [4.69, 9.17) is 15.0 Å². The van der Waals surface area contributed by atoms with Crippen LogP contribution in [0.25, 0.3) is 44.7 Å². The van der Waals surface area contributed by atoms with Crippen molar-refractivity contribution in [3.05, 3.63) is 101 Å². The van der Waals surface area contributed by atoms with Crippen LogP contribution in [0.4, 0.5) is 0 Å². The molecule has 3 aromatic carbocycles. The molecular weight excluding hydrogens is 460 g/mol. The molecule has 2 aromatic heterocycles. The van der Waals surface area contributed by atoms with Crippen LogP contribution in [0, 0.1) is 0 Å². The summed E-state index contributed by atoms with van der Waals surface area (Å²) < 4.78 is 3.20. The van der Waals surface area contributed by atoms with Gasteiger partial charge < -0.3 is 0 Å². The molecule has 32 heavy (non-hydrogen) atoms. The number of aromatic nitrogens is 4. The zero-order valence-corrected chi connectivity index (χ0v) is 18.8. The van der Waals surface area contributed by atoms with Crippen LogP contribution in [0.15, 0.2) is 95.5 Å². The fourth-order valence-electron chi connectivity index (χ4n) is 4.27. The van der Waals surface area contributed by atoms with E-state index in [2.05, 4.69) is 81.2 Å². The van der Waals surface area contributed by atoms with Crippen molar-refractivity contribution in [3.63, 3.8) is 0 Å².